The standard InChI is InChI=1S/C7H14O7/c1-13-6-4(10)3(9)5(11)7(12,2-8)14-6/h3-6,8-12H,2H2,1H3/t3-,4-,5-,6-,7?/m1/s1. The van der Waals surface area contributed by atoms with Crippen LogP contribution in [-0.4, -0.2) is 69.6 Å². The number of ether oxygens (including phenoxy) is 2. The number of hydrogen-bond donors (Lipinski definition) is 5. The van der Waals surface area contributed by atoms with Gasteiger partial charge >= 0.3 is 0 Å². The maximum atomic E-state index is 9.46. The second-order valence-corrected chi connectivity index (χ2v) is 3.15. The molecule has 0 saturated carbocycles. The van der Waals surface area contributed by atoms with E-state index in [1.807, 2.05) is 0 Å². The van der Waals surface area contributed by atoms with Crippen molar-refractivity contribution in [3.8, 4) is 0 Å². The van der Waals surface area contributed by atoms with Gasteiger partial charge in [-0.1, -0.05) is 0 Å². The van der Waals surface area contributed by atoms with Gasteiger partial charge in [0, 0.05) is 7.11 Å². The highest BCUT2D eigenvalue weighted by atomic mass is 16.8. The summed E-state index contributed by atoms with van der Waals surface area (Å²) in [5.74, 6) is -2.32. The molecule has 0 aromatic heterocycles. The van der Waals surface area contributed by atoms with Gasteiger partial charge in [-0.25, -0.2) is 0 Å². The Kier molecular flexibility index (Phi) is 3.43. The molecule has 1 heterocycles. The van der Waals surface area contributed by atoms with Crippen LogP contribution in [0.3, 0.4) is 0 Å². The van der Waals surface area contributed by atoms with Crippen LogP contribution in [0.15, 0.2) is 0 Å². The summed E-state index contributed by atoms with van der Waals surface area (Å²) in [5.41, 5.74) is 0. The number of methoxy groups -OCH3 is 1. The van der Waals surface area contributed by atoms with Crippen molar-refractivity contribution in [2.24, 2.45) is 0 Å². The van der Waals surface area contributed by atoms with E-state index in [9.17, 15) is 20.4 Å². The first-order chi connectivity index (χ1) is 6.46. The predicted molar refractivity (Wildman–Crippen MR) is 41.9 cm³/mol. The lowest BCUT2D eigenvalue weighted by Gasteiger charge is -2.44. The van der Waals surface area contributed by atoms with Crippen LogP contribution in [0.5, 0.6) is 0 Å². The van der Waals surface area contributed by atoms with Gasteiger partial charge in [0.25, 0.3) is 0 Å². The molecule has 0 aliphatic carbocycles. The molecule has 1 aliphatic heterocycles. The monoisotopic (exact) mass is 210 g/mol. The molecule has 1 unspecified atom stereocenters. The smallest absolute Gasteiger partial charge is 0.221 e. The van der Waals surface area contributed by atoms with Gasteiger partial charge in [-0.15, -0.1) is 0 Å². The lowest BCUT2D eigenvalue weighted by Crippen LogP contribution is -2.66. The molecular weight excluding hydrogens is 196 g/mol. The minimum Gasteiger partial charge on any atom is -0.391 e. The fraction of sp³-hybridized carbons (Fsp3) is 1.00. The molecule has 7 heteroatoms. The molecule has 5 atom stereocenters. The third-order valence-electron chi connectivity index (χ3n) is 2.19. The SMILES string of the molecule is CO[C@@H]1OC(O)(CO)[C@H](O)[C@H](O)[C@H]1O. The molecule has 0 aromatic rings. The maximum absolute atomic E-state index is 9.46. The van der Waals surface area contributed by atoms with E-state index in [4.69, 9.17) is 9.84 Å². The average Bonchev–Trinajstić information content (AvgIpc) is 2.20. The zero-order chi connectivity index (χ0) is 10.9. The summed E-state index contributed by atoms with van der Waals surface area (Å²) < 4.78 is 9.30. The molecule has 0 amide bonds. The zero-order valence-corrected chi connectivity index (χ0v) is 7.57. The Labute approximate surface area is 80.1 Å². The van der Waals surface area contributed by atoms with Crippen LogP contribution >= 0.6 is 0 Å². The third-order valence-corrected chi connectivity index (χ3v) is 2.19. The summed E-state index contributed by atoms with van der Waals surface area (Å²) >= 11 is 0. The first-order valence-electron chi connectivity index (χ1n) is 4.04. The molecule has 0 aromatic carbocycles. The van der Waals surface area contributed by atoms with Crippen molar-refractivity contribution in [1.82, 2.24) is 0 Å². The second-order valence-electron chi connectivity index (χ2n) is 3.15. The molecule has 7 nitrogen and oxygen atoms in total. The van der Waals surface area contributed by atoms with E-state index < -0.39 is 37.0 Å². The van der Waals surface area contributed by atoms with Crippen molar-refractivity contribution in [1.29, 1.82) is 0 Å². The van der Waals surface area contributed by atoms with Gasteiger partial charge in [-0.05, 0) is 0 Å². The molecule has 5 N–H and O–H groups in total. The molecule has 1 fully saturated rings. The Hall–Kier alpha value is -0.280. The minimum absolute atomic E-state index is 0.919. The van der Waals surface area contributed by atoms with Crippen LogP contribution in [-0.2, 0) is 9.47 Å². The fourth-order valence-corrected chi connectivity index (χ4v) is 1.27. The third kappa shape index (κ3) is 1.75. The highest BCUT2D eigenvalue weighted by Gasteiger charge is 2.52. The molecular formula is C7H14O7. The summed E-state index contributed by atoms with van der Waals surface area (Å²) in [5, 5.41) is 46.1. The second kappa shape index (κ2) is 4.07. The highest BCUT2D eigenvalue weighted by Crippen LogP contribution is 2.27. The van der Waals surface area contributed by atoms with Crippen molar-refractivity contribution >= 4 is 0 Å². The Morgan fingerprint density at radius 1 is 1.29 bits per heavy atom. The van der Waals surface area contributed by atoms with Crippen LogP contribution in [0, 0.1) is 0 Å². The molecule has 0 bridgehead atoms. The van der Waals surface area contributed by atoms with Crippen molar-refractivity contribution in [2.45, 2.75) is 30.4 Å². The Morgan fingerprint density at radius 2 is 1.86 bits per heavy atom. The van der Waals surface area contributed by atoms with Gasteiger partial charge in [0.2, 0.25) is 5.79 Å². The predicted octanol–water partition coefficient (Wildman–Crippen LogP) is -3.25. The Morgan fingerprint density at radius 3 is 2.29 bits per heavy atom. The van der Waals surface area contributed by atoms with E-state index in [1.165, 1.54) is 7.11 Å². The van der Waals surface area contributed by atoms with Gasteiger partial charge in [0.05, 0.1) is 6.61 Å². The Bertz CT molecular complexity index is 196. The van der Waals surface area contributed by atoms with Crippen LogP contribution in [0.1, 0.15) is 0 Å². The van der Waals surface area contributed by atoms with E-state index in [0.717, 1.165) is 0 Å². The van der Waals surface area contributed by atoms with Crippen molar-refractivity contribution < 1.29 is 35.0 Å². The molecule has 1 saturated heterocycles. The van der Waals surface area contributed by atoms with Gasteiger partial charge in [0.1, 0.15) is 18.3 Å². The molecule has 0 spiro atoms. The molecule has 1 aliphatic rings. The van der Waals surface area contributed by atoms with Crippen LogP contribution in [0.2, 0.25) is 0 Å². The number of rotatable bonds is 2. The summed E-state index contributed by atoms with van der Waals surface area (Å²) in [4.78, 5) is 0. The summed E-state index contributed by atoms with van der Waals surface area (Å²) in [6.45, 7) is -0.919. The quantitative estimate of drug-likeness (QED) is 0.325. The van der Waals surface area contributed by atoms with Gasteiger partial charge in [-0.2, -0.15) is 0 Å². The molecule has 0 radical (unpaired) electrons. The lowest BCUT2D eigenvalue weighted by atomic mass is 9.96. The van der Waals surface area contributed by atoms with E-state index in [1.54, 1.807) is 0 Å². The summed E-state index contributed by atoms with van der Waals surface area (Å²) in [6.07, 6.45) is -6.23. The van der Waals surface area contributed by atoms with E-state index >= 15 is 0 Å². The topological polar surface area (TPSA) is 120 Å². The lowest BCUT2D eigenvalue weighted by molar-refractivity contribution is -0.393. The van der Waals surface area contributed by atoms with Crippen molar-refractivity contribution in [3.63, 3.8) is 0 Å². The molecule has 14 heavy (non-hydrogen) atoms. The average molecular weight is 210 g/mol. The minimum atomic E-state index is -2.32. The Balaban J connectivity index is 2.84. The van der Waals surface area contributed by atoms with E-state index in [-0.39, 0.29) is 0 Å². The number of hydrogen-bond acceptors (Lipinski definition) is 7. The number of aliphatic hydroxyl groups excluding tert-OH is 4. The summed E-state index contributed by atoms with van der Waals surface area (Å²) in [6, 6.07) is 0. The van der Waals surface area contributed by atoms with Crippen molar-refractivity contribution in [2.75, 3.05) is 13.7 Å². The molecule has 1 rings (SSSR count). The van der Waals surface area contributed by atoms with Crippen LogP contribution < -0.4 is 0 Å². The van der Waals surface area contributed by atoms with E-state index in [2.05, 4.69) is 4.74 Å². The highest BCUT2D eigenvalue weighted by molar-refractivity contribution is 4.93. The van der Waals surface area contributed by atoms with Gasteiger partial charge in [0.15, 0.2) is 6.29 Å². The molecule has 84 valence electrons. The van der Waals surface area contributed by atoms with Gasteiger partial charge in [-0.3, -0.25) is 0 Å². The zero-order valence-electron chi connectivity index (χ0n) is 7.57. The summed E-state index contributed by atoms with van der Waals surface area (Å²) in [7, 11) is 1.19. The van der Waals surface area contributed by atoms with Gasteiger partial charge < -0.3 is 35.0 Å². The number of aliphatic hydroxyl groups is 5. The van der Waals surface area contributed by atoms with Crippen molar-refractivity contribution in [3.05, 3.63) is 0 Å². The van der Waals surface area contributed by atoms with Crippen LogP contribution in [0.4, 0.5) is 0 Å². The first-order valence-corrected chi connectivity index (χ1v) is 4.04. The maximum Gasteiger partial charge on any atom is 0.221 e. The van der Waals surface area contributed by atoms with Crippen LogP contribution in [0.25, 0.3) is 0 Å². The normalized spacial score (nSPS) is 49.3. The fourth-order valence-electron chi connectivity index (χ4n) is 1.27. The first kappa shape index (κ1) is 11.8. The largest absolute Gasteiger partial charge is 0.391 e. The van der Waals surface area contributed by atoms with E-state index in [0.29, 0.717) is 0 Å².